The van der Waals surface area contributed by atoms with Crippen LogP contribution in [0.5, 0.6) is 0 Å². The largest absolute Gasteiger partial charge is 0.419 e. The van der Waals surface area contributed by atoms with Gasteiger partial charge in [-0.2, -0.15) is 17.6 Å². The molecule has 0 radical (unpaired) electrons. The lowest BCUT2D eigenvalue weighted by atomic mass is 10.00. The van der Waals surface area contributed by atoms with Crippen molar-refractivity contribution < 1.29 is 27.5 Å². The van der Waals surface area contributed by atoms with Crippen molar-refractivity contribution in [2.45, 2.75) is 31.7 Å². The molecule has 3 heterocycles. The van der Waals surface area contributed by atoms with Crippen molar-refractivity contribution in [1.82, 2.24) is 9.55 Å². The van der Waals surface area contributed by atoms with E-state index in [2.05, 4.69) is 4.98 Å². The fourth-order valence-corrected chi connectivity index (χ4v) is 3.16. The number of halogens is 4. The van der Waals surface area contributed by atoms with Gasteiger partial charge in [0, 0.05) is 12.7 Å². The van der Waals surface area contributed by atoms with Crippen molar-refractivity contribution in [3.63, 3.8) is 0 Å². The maximum atomic E-state index is 14.1. The van der Waals surface area contributed by atoms with Crippen LogP contribution in [0.2, 0.25) is 0 Å². The molecule has 0 aromatic carbocycles. The normalized spacial score (nSPS) is 17.6. The van der Waals surface area contributed by atoms with Gasteiger partial charge in [-0.3, -0.25) is 4.79 Å². The maximum Gasteiger partial charge on any atom is 0.419 e. The molecule has 1 aliphatic heterocycles. The highest BCUT2D eigenvalue weighted by Crippen LogP contribution is 2.46. The summed E-state index contributed by atoms with van der Waals surface area (Å²) in [5, 5.41) is 10.1. The molecule has 0 spiro atoms. The van der Waals surface area contributed by atoms with Gasteiger partial charge in [-0.05, 0) is 25.0 Å². The zero-order chi connectivity index (χ0) is 17.6. The van der Waals surface area contributed by atoms with Crippen molar-refractivity contribution in [3.8, 4) is 11.3 Å². The molecule has 3 N–H and O–H groups in total. The van der Waals surface area contributed by atoms with Crippen LogP contribution >= 0.6 is 0 Å². The number of nitrogens with two attached hydrogens (primary N) is 1. The molecule has 0 fully saturated rings. The van der Waals surface area contributed by atoms with E-state index in [1.807, 2.05) is 0 Å². The average Bonchev–Trinajstić information content (AvgIpc) is 2.84. The van der Waals surface area contributed by atoms with E-state index in [4.69, 9.17) is 5.73 Å². The molecule has 1 aliphatic rings. The Bertz CT molecular complexity index is 814. The summed E-state index contributed by atoms with van der Waals surface area (Å²) in [6.45, 7) is 0.104. The highest BCUT2D eigenvalue weighted by molar-refractivity contribution is 5.98. The van der Waals surface area contributed by atoms with Gasteiger partial charge in [0.25, 0.3) is 5.91 Å². The second-order valence-electron chi connectivity index (χ2n) is 5.50. The first-order chi connectivity index (χ1) is 11.2. The monoisotopic (exact) mass is 343 g/mol. The van der Waals surface area contributed by atoms with E-state index in [1.165, 1.54) is 6.07 Å². The molecule has 1 unspecified atom stereocenters. The van der Waals surface area contributed by atoms with Gasteiger partial charge in [-0.15, -0.1) is 0 Å². The summed E-state index contributed by atoms with van der Waals surface area (Å²) in [4.78, 5) is 15.1. The zero-order valence-electron chi connectivity index (χ0n) is 12.3. The van der Waals surface area contributed by atoms with Gasteiger partial charge in [0.05, 0.1) is 34.2 Å². The zero-order valence-corrected chi connectivity index (χ0v) is 12.3. The van der Waals surface area contributed by atoms with Gasteiger partial charge in [0.15, 0.2) is 0 Å². The molecule has 2 aromatic heterocycles. The van der Waals surface area contributed by atoms with E-state index < -0.39 is 46.5 Å². The summed E-state index contributed by atoms with van der Waals surface area (Å²) < 4.78 is 56.1. The number of carbonyl (C=O) groups excluding carboxylic acids is 1. The van der Waals surface area contributed by atoms with Crippen molar-refractivity contribution >= 4 is 5.91 Å². The Hall–Kier alpha value is -2.42. The summed E-state index contributed by atoms with van der Waals surface area (Å²) >= 11 is 0. The lowest BCUT2D eigenvalue weighted by Crippen LogP contribution is -2.22. The quantitative estimate of drug-likeness (QED) is 0.650. The summed E-state index contributed by atoms with van der Waals surface area (Å²) in [6, 6.07) is 2.44. The molecule has 3 rings (SSSR count). The average molecular weight is 343 g/mol. The minimum atomic E-state index is -4.95. The number of fused-ring (bicyclic) bond motifs is 1. The Morgan fingerprint density at radius 2 is 2.12 bits per heavy atom. The van der Waals surface area contributed by atoms with Crippen LogP contribution in [0, 0.1) is 5.95 Å². The Balaban J connectivity index is 2.46. The number of alkyl halides is 3. The van der Waals surface area contributed by atoms with Crippen LogP contribution in [-0.4, -0.2) is 20.6 Å². The van der Waals surface area contributed by atoms with Crippen molar-refractivity contribution in [2.75, 3.05) is 0 Å². The van der Waals surface area contributed by atoms with Gasteiger partial charge in [0.1, 0.15) is 0 Å². The van der Waals surface area contributed by atoms with Gasteiger partial charge in [-0.25, -0.2) is 4.98 Å². The second kappa shape index (κ2) is 5.59. The number of hydrogen-bond acceptors (Lipinski definition) is 3. The number of primary amides is 1. The van der Waals surface area contributed by atoms with Crippen molar-refractivity contribution in [1.29, 1.82) is 0 Å². The van der Waals surface area contributed by atoms with Gasteiger partial charge < -0.3 is 15.4 Å². The molecular weight excluding hydrogens is 330 g/mol. The number of pyridine rings is 1. The molecule has 24 heavy (non-hydrogen) atoms. The smallest absolute Gasteiger partial charge is 0.387 e. The molecule has 9 heteroatoms. The highest BCUT2D eigenvalue weighted by atomic mass is 19.4. The van der Waals surface area contributed by atoms with Crippen LogP contribution in [0.3, 0.4) is 0 Å². The van der Waals surface area contributed by atoms with Crippen molar-refractivity contribution in [3.05, 3.63) is 41.1 Å². The third-order valence-electron chi connectivity index (χ3n) is 4.02. The molecule has 1 atom stereocenters. The minimum absolute atomic E-state index is 0.104. The van der Waals surface area contributed by atoms with E-state index in [1.54, 1.807) is 0 Å². The molecule has 0 aliphatic carbocycles. The lowest BCUT2D eigenvalue weighted by molar-refractivity contribution is -0.137. The molecule has 5 nitrogen and oxygen atoms in total. The molecular formula is C15H13F4N3O2. The van der Waals surface area contributed by atoms with Crippen LogP contribution < -0.4 is 5.73 Å². The van der Waals surface area contributed by atoms with E-state index >= 15 is 0 Å². The van der Waals surface area contributed by atoms with Gasteiger partial charge in [-0.1, -0.05) is 0 Å². The number of nitrogens with zero attached hydrogens (tertiary/aromatic N) is 2. The van der Waals surface area contributed by atoms with Crippen LogP contribution in [-0.2, 0) is 12.7 Å². The van der Waals surface area contributed by atoms with Crippen LogP contribution in [0.25, 0.3) is 11.3 Å². The SMILES string of the molecule is NC(=O)c1c(C(F)(F)F)c(-c2cccnc2F)n2c1C(O)CCC2. The minimum Gasteiger partial charge on any atom is -0.387 e. The summed E-state index contributed by atoms with van der Waals surface area (Å²) in [5.74, 6) is -2.41. The molecule has 0 saturated heterocycles. The summed E-state index contributed by atoms with van der Waals surface area (Å²) in [6.07, 6.45) is -4.55. The molecule has 128 valence electrons. The number of carbonyl (C=O) groups is 1. The molecule has 1 amide bonds. The summed E-state index contributed by atoms with van der Waals surface area (Å²) in [5.41, 5.74) is 1.86. The second-order valence-corrected chi connectivity index (χ2v) is 5.50. The van der Waals surface area contributed by atoms with E-state index in [0.717, 1.165) is 16.8 Å². The van der Waals surface area contributed by atoms with E-state index in [-0.39, 0.29) is 18.7 Å². The predicted octanol–water partition coefficient (Wildman–Crippen LogP) is 2.63. The first kappa shape index (κ1) is 16.4. The van der Waals surface area contributed by atoms with Crippen LogP contribution in [0.4, 0.5) is 17.6 Å². The Morgan fingerprint density at radius 3 is 2.71 bits per heavy atom. The number of aliphatic hydroxyl groups is 1. The number of hydrogen-bond donors (Lipinski definition) is 2. The maximum absolute atomic E-state index is 14.1. The van der Waals surface area contributed by atoms with Crippen LogP contribution in [0.1, 0.15) is 40.6 Å². The van der Waals surface area contributed by atoms with Gasteiger partial charge in [0.2, 0.25) is 5.95 Å². The third kappa shape index (κ3) is 2.44. The predicted molar refractivity (Wildman–Crippen MR) is 75.3 cm³/mol. The number of rotatable bonds is 2. The first-order valence-electron chi connectivity index (χ1n) is 7.15. The fraction of sp³-hybridized carbons (Fsp3) is 0.333. The standard InChI is InChI=1S/C15H13F4N3O2/c16-13-7(3-1-5-21-13)11-10(15(17,18)19)9(14(20)24)12-8(23)4-2-6-22(11)12/h1,3,5,8,23H,2,4,6H2,(H2,20,24). The first-order valence-corrected chi connectivity index (χ1v) is 7.15. The molecule has 2 aromatic rings. The Labute approximate surface area is 133 Å². The van der Waals surface area contributed by atoms with Crippen LogP contribution in [0.15, 0.2) is 18.3 Å². The molecule has 0 saturated carbocycles. The number of amides is 1. The lowest BCUT2D eigenvalue weighted by Gasteiger charge is -2.23. The Morgan fingerprint density at radius 1 is 1.42 bits per heavy atom. The Kier molecular flexibility index (Phi) is 3.83. The topological polar surface area (TPSA) is 81.1 Å². The highest BCUT2D eigenvalue weighted by Gasteiger charge is 2.45. The van der Waals surface area contributed by atoms with E-state index in [9.17, 15) is 27.5 Å². The van der Waals surface area contributed by atoms with Crippen molar-refractivity contribution in [2.24, 2.45) is 5.73 Å². The number of aliphatic hydroxyl groups excluding tert-OH is 1. The van der Waals surface area contributed by atoms with E-state index in [0.29, 0.717) is 6.42 Å². The third-order valence-corrected chi connectivity index (χ3v) is 4.02. The fourth-order valence-electron chi connectivity index (χ4n) is 3.16. The number of aromatic nitrogens is 2. The summed E-state index contributed by atoms with van der Waals surface area (Å²) in [7, 11) is 0. The van der Waals surface area contributed by atoms with Gasteiger partial charge >= 0.3 is 6.18 Å². The molecule has 0 bridgehead atoms.